The lowest BCUT2D eigenvalue weighted by Gasteiger charge is -2.23. The zero-order chi connectivity index (χ0) is 22.7. The number of hydrogen-bond acceptors (Lipinski definition) is 6. The second kappa shape index (κ2) is 7.45. The second-order valence-corrected chi connectivity index (χ2v) is 8.86. The molecule has 2 aliphatic heterocycles. The summed E-state index contributed by atoms with van der Waals surface area (Å²) in [5.74, 6) is 1.23. The number of amides is 2. The summed E-state index contributed by atoms with van der Waals surface area (Å²) in [6, 6.07) is 7.35. The lowest BCUT2D eigenvalue weighted by atomic mass is 10.1. The van der Waals surface area contributed by atoms with Gasteiger partial charge in [0.05, 0.1) is 30.9 Å². The van der Waals surface area contributed by atoms with Gasteiger partial charge < -0.3 is 19.9 Å². The number of anilines is 1. The number of carboxylic acid groups (broad SMARTS) is 1. The van der Waals surface area contributed by atoms with Crippen molar-refractivity contribution >= 4 is 23.3 Å². The second-order valence-electron chi connectivity index (χ2n) is 8.86. The normalized spacial score (nSPS) is 23.8. The van der Waals surface area contributed by atoms with Gasteiger partial charge in [-0.1, -0.05) is 0 Å². The fraction of sp³-hybridized carbons (Fsp3) is 0.391. The molecule has 33 heavy (non-hydrogen) atoms. The van der Waals surface area contributed by atoms with Gasteiger partial charge in [-0.2, -0.15) is 5.10 Å². The Morgan fingerprint density at radius 1 is 1.27 bits per heavy atom. The van der Waals surface area contributed by atoms with Crippen molar-refractivity contribution in [3.8, 4) is 16.9 Å². The Bertz CT molecular complexity index is 1270. The lowest BCUT2D eigenvalue weighted by molar-refractivity contribution is -0.117. The fourth-order valence-electron chi connectivity index (χ4n) is 4.60. The van der Waals surface area contributed by atoms with Gasteiger partial charge in [0.1, 0.15) is 18.0 Å². The number of rotatable bonds is 5. The molecule has 3 unspecified atom stereocenters. The molecule has 3 aliphatic rings. The van der Waals surface area contributed by atoms with Crippen molar-refractivity contribution in [1.82, 2.24) is 19.5 Å². The number of carbonyl (C=O) groups is 2. The summed E-state index contributed by atoms with van der Waals surface area (Å²) in [5, 5.41) is 16.8. The molecular weight excluding hydrogens is 426 g/mol. The van der Waals surface area contributed by atoms with E-state index in [4.69, 9.17) is 9.47 Å². The monoisotopic (exact) mass is 449 g/mol. The maximum absolute atomic E-state index is 12.1. The summed E-state index contributed by atoms with van der Waals surface area (Å²) < 4.78 is 13.7. The van der Waals surface area contributed by atoms with Gasteiger partial charge in [-0.15, -0.1) is 0 Å². The number of aromatic nitrogens is 3. The average molecular weight is 449 g/mol. The molecule has 3 aromatic rings. The third-order valence-corrected chi connectivity index (χ3v) is 6.49. The van der Waals surface area contributed by atoms with Crippen LogP contribution in [0, 0.1) is 12.8 Å². The molecule has 3 atom stereocenters. The Balaban J connectivity index is 1.30. The summed E-state index contributed by atoms with van der Waals surface area (Å²) in [5.41, 5.74) is 3.42. The Morgan fingerprint density at radius 3 is 2.88 bits per heavy atom. The lowest BCUT2D eigenvalue weighted by Crippen LogP contribution is -2.42. The van der Waals surface area contributed by atoms with E-state index < -0.39 is 6.09 Å². The van der Waals surface area contributed by atoms with Crippen LogP contribution in [0.4, 0.5) is 10.6 Å². The molecule has 1 saturated carbocycles. The number of likely N-dealkylation sites (tertiary alicyclic amines) is 1. The summed E-state index contributed by atoms with van der Waals surface area (Å²) in [6.45, 7) is 2.54. The van der Waals surface area contributed by atoms with Crippen LogP contribution in [-0.4, -0.2) is 68.0 Å². The number of fused-ring (bicyclic) bond motifs is 3. The van der Waals surface area contributed by atoms with Crippen LogP contribution in [0.1, 0.15) is 18.5 Å². The topological polar surface area (TPSA) is 118 Å². The molecule has 2 amide bonds. The van der Waals surface area contributed by atoms with E-state index in [9.17, 15) is 14.7 Å². The van der Waals surface area contributed by atoms with Gasteiger partial charge >= 0.3 is 6.09 Å². The van der Waals surface area contributed by atoms with Crippen LogP contribution in [0.15, 0.2) is 36.7 Å². The maximum atomic E-state index is 12.1. The fourth-order valence-corrected chi connectivity index (χ4v) is 4.60. The van der Waals surface area contributed by atoms with Gasteiger partial charge in [-0.05, 0) is 43.5 Å². The maximum Gasteiger partial charge on any atom is 0.407 e. The minimum absolute atomic E-state index is 0.0166. The van der Waals surface area contributed by atoms with Crippen molar-refractivity contribution in [3.05, 3.63) is 42.4 Å². The zero-order valence-electron chi connectivity index (χ0n) is 18.0. The van der Waals surface area contributed by atoms with Gasteiger partial charge in [-0.3, -0.25) is 14.7 Å². The van der Waals surface area contributed by atoms with Crippen LogP contribution in [0.3, 0.4) is 0 Å². The molecule has 170 valence electrons. The number of nitrogens with zero attached hydrogens (tertiary/aromatic N) is 4. The highest BCUT2D eigenvalue weighted by Gasteiger charge is 2.52. The Labute approximate surface area is 189 Å². The van der Waals surface area contributed by atoms with E-state index in [1.165, 1.54) is 4.90 Å². The molecule has 1 aliphatic carbocycles. The first-order valence-electron chi connectivity index (χ1n) is 11.0. The number of aryl methyl sites for hydroxylation is 1. The third kappa shape index (κ3) is 3.56. The van der Waals surface area contributed by atoms with Crippen LogP contribution in [0.25, 0.3) is 16.6 Å². The molecule has 10 heteroatoms. The van der Waals surface area contributed by atoms with E-state index in [2.05, 4.69) is 15.4 Å². The van der Waals surface area contributed by atoms with E-state index in [0.29, 0.717) is 24.7 Å². The Kier molecular flexibility index (Phi) is 4.51. The van der Waals surface area contributed by atoms with E-state index in [1.54, 1.807) is 10.7 Å². The predicted molar refractivity (Wildman–Crippen MR) is 117 cm³/mol. The number of hydrogen-bond donors (Lipinski definition) is 2. The average Bonchev–Trinajstić information content (AvgIpc) is 3.37. The van der Waals surface area contributed by atoms with Gasteiger partial charge in [0, 0.05) is 29.4 Å². The van der Waals surface area contributed by atoms with E-state index in [1.807, 2.05) is 37.4 Å². The van der Waals surface area contributed by atoms with Crippen LogP contribution >= 0.6 is 0 Å². The highest BCUT2D eigenvalue weighted by atomic mass is 16.6. The van der Waals surface area contributed by atoms with Gasteiger partial charge in [-0.25, -0.2) is 9.31 Å². The predicted octanol–water partition coefficient (Wildman–Crippen LogP) is 2.56. The highest BCUT2D eigenvalue weighted by molar-refractivity contribution is 5.93. The van der Waals surface area contributed by atoms with E-state index in [-0.39, 0.29) is 30.1 Å². The van der Waals surface area contributed by atoms with Crippen LogP contribution in [0.2, 0.25) is 0 Å². The molecule has 2 N–H and O–H groups in total. The number of morpholine rings is 1. The van der Waals surface area contributed by atoms with Crippen LogP contribution in [0.5, 0.6) is 5.75 Å². The van der Waals surface area contributed by atoms with Crippen molar-refractivity contribution in [3.63, 3.8) is 0 Å². The molecule has 5 heterocycles. The van der Waals surface area contributed by atoms with E-state index >= 15 is 0 Å². The summed E-state index contributed by atoms with van der Waals surface area (Å²) in [6.07, 6.45) is 3.75. The Morgan fingerprint density at radius 2 is 2.12 bits per heavy atom. The van der Waals surface area contributed by atoms with Crippen LogP contribution < -0.4 is 10.1 Å². The SMILES string of the molecule is Cc1cc(-c2ccn3nc(NC(=O)C4CC4)cc3c2)c(OC2C3CN(C(=O)O)C2CO3)cn1. The number of carbonyl (C=O) groups excluding carboxylic acids is 1. The first-order chi connectivity index (χ1) is 16.0. The molecule has 0 radical (unpaired) electrons. The number of ether oxygens (including phenoxy) is 2. The minimum Gasteiger partial charge on any atom is -0.483 e. The molecule has 10 nitrogen and oxygen atoms in total. The molecule has 2 bridgehead atoms. The number of nitrogens with one attached hydrogen (secondary N) is 1. The highest BCUT2D eigenvalue weighted by Crippen LogP contribution is 2.37. The first-order valence-corrected chi connectivity index (χ1v) is 11.0. The van der Waals surface area contributed by atoms with Crippen molar-refractivity contribution in [2.24, 2.45) is 5.92 Å². The smallest absolute Gasteiger partial charge is 0.407 e. The van der Waals surface area contributed by atoms with Crippen molar-refractivity contribution in [2.45, 2.75) is 38.0 Å². The molecule has 6 rings (SSSR count). The summed E-state index contributed by atoms with van der Waals surface area (Å²) in [4.78, 5) is 29.4. The van der Waals surface area contributed by atoms with Crippen LogP contribution in [-0.2, 0) is 9.53 Å². The zero-order valence-corrected chi connectivity index (χ0v) is 18.0. The van der Waals surface area contributed by atoms with Gasteiger partial charge in [0.2, 0.25) is 5.91 Å². The third-order valence-electron chi connectivity index (χ3n) is 6.49. The Hall–Kier alpha value is -3.66. The summed E-state index contributed by atoms with van der Waals surface area (Å²) >= 11 is 0. The quantitative estimate of drug-likeness (QED) is 0.615. The summed E-state index contributed by atoms with van der Waals surface area (Å²) in [7, 11) is 0. The molecule has 2 saturated heterocycles. The van der Waals surface area contributed by atoms with E-state index in [0.717, 1.165) is 35.2 Å². The molecule has 0 aromatic carbocycles. The van der Waals surface area contributed by atoms with Crippen molar-refractivity contribution < 1.29 is 24.2 Å². The largest absolute Gasteiger partial charge is 0.483 e. The standard InChI is InChI=1S/C23H23N5O5/c1-12-6-16(18(9-24-12)33-21-17-11-32-19(21)10-27(17)23(30)31)14-4-5-28-15(7-14)8-20(26-28)25-22(29)13-2-3-13/h4-9,13,17,19,21H,2-3,10-11H2,1H3,(H,30,31)(H,25,26,29). The molecule has 3 fully saturated rings. The number of pyridine rings is 2. The molecule has 3 aromatic heterocycles. The van der Waals surface area contributed by atoms with Gasteiger partial charge in [0.25, 0.3) is 0 Å². The van der Waals surface area contributed by atoms with Crippen molar-refractivity contribution in [2.75, 3.05) is 18.5 Å². The first kappa shape index (κ1) is 20.0. The van der Waals surface area contributed by atoms with Gasteiger partial charge in [0.15, 0.2) is 5.82 Å². The molecule has 0 spiro atoms. The minimum atomic E-state index is -0.961. The molecular formula is C23H23N5O5. The van der Waals surface area contributed by atoms with Crippen molar-refractivity contribution in [1.29, 1.82) is 0 Å².